The molecular formula is C19H30N2O3. The average Bonchev–Trinajstić information content (AvgIpc) is 3.24. The number of esters is 1. The fourth-order valence-electron chi connectivity index (χ4n) is 3.98. The zero-order chi connectivity index (χ0) is 16.8. The summed E-state index contributed by atoms with van der Waals surface area (Å²) >= 11 is 0. The van der Waals surface area contributed by atoms with Crippen LogP contribution in [0.25, 0.3) is 0 Å². The van der Waals surface area contributed by atoms with Gasteiger partial charge in [0.2, 0.25) is 0 Å². The molecule has 5 heteroatoms. The molecule has 2 atom stereocenters. The average molecular weight is 334 g/mol. The number of allylic oxidation sites excluding steroid dienone is 1. The molecule has 0 aromatic rings. The molecule has 1 unspecified atom stereocenters. The number of ether oxygens (including phenoxy) is 2. The molecule has 2 fully saturated rings. The van der Waals surface area contributed by atoms with Gasteiger partial charge < -0.3 is 9.47 Å². The molecule has 0 aromatic carbocycles. The van der Waals surface area contributed by atoms with E-state index in [1.165, 1.54) is 18.4 Å². The minimum absolute atomic E-state index is 0.0831. The molecule has 1 aliphatic heterocycles. The van der Waals surface area contributed by atoms with Crippen molar-refractivity contribution in [3.05, 3.63) is 11.6 Å². The van der Waals surface area contributed by atoms with Gasteiger partial charge in [-0.25, -0.2) is 0 Å². The van der Waals surface area contributed by atoms with Gasteiger partial charge in [-0.1, -0.05) is 6.08 Å². The summed E-state index contributed by atoms with van der Waals surface area (Å²) in [6.45, 7) is 2.14. The minimum atomic E-state index is -0.141. The van der Waals surface area contributed by atoms with Crippen molar-refractivity contribution in [1.82, 2.24) is 5.01 Å². The third-order valence-corrected chi connectivity index (χ3v) is 5.36. The van der Waals surface area contributed by atoms with Crippen LogP contribution in [-0.2, 0) is 14.3 Å². The number of hydrazone groups is 1. The first kappa shape index (κ1) is 17.5. The van der Waals surface area contributed by atoms with E-state index in [9.17, 15) is 4.79 Å². The highest BCUT2D eigenvalue weighted by Crippen LogP contribution is 2.27. The molecule has 1 saturated carbocycles. The first-order valence-electron chi connectivity index (χ1n) is 9.45. The lowest BCUT2D eigenvalue weighted by molar-refractivity contribution is -0.145. The van der Waals surface area contributed by atoms with Gasteiger partial charge in [0.15, 0.2) is 0 Å². The Balaban J connectivity index is 1.56. The maximum Gasteiger partial charge on any atom is 0.315 e. The van der Waals surface area contributed by atoms with Crippen LogP contribution in [0, 0.1) is 5.92 Å². The van der Waals surface area contributed by atoms with Crippen molar-refractivity contribution in [2.45, 2.75) is 63.8 Å². The summed E-state index contributed by atoms with van der Waals surface area (Å²) in [5.74, 6) is -0.224. The lowest BCUT2D eigenvalue weighted by atomic mass is 10.0. The fraction of sp³-hybridized carbons (Fsp3) is 0.789. The molecule has 24 heavy (non-hydrogen) atoms. The van der Waals surface area contributed by atoms with Crippen LogP contribution in [-0.4, -0.2) is 49.6 Å². The van der Waals surface area contributed by atoms with E-state index in [2.05, 4.69) is 11.1 Å². The summed E-state index contributed by atoms with van der Waals surface area (Å²) in [4.78, 5) is 12.5. The first-order chi connectivity index (χ1) is 11.8. The van der Waals surface area contributed by atoms with E-state index in [0.717, 1.165) is 57.2 Å². The van der Waals surface area contributed by atoms with Crippen LogP contribution in [0.4, 0.5) is 0 Å². The standard InChI is InChI=1S/C19H30N2O3/c1-23-14-16-9-6-12-21(16)20-18-11-5-10-17(18)19(22)24-13-15-7-3-2-4-8-15/h7,16-17H,2-6,8-14H2,1H3/b20-18+/t16-,17?/m0/s1. The summed E-state index contributed by atoms with van der Waals surface area (Å²) in [5.41, 5.74) is 2.30. The third kappa shape index (κ3) is 4.38. The van der Waals surface area contributed by atoms with E-state index in [1.807, 2.05) is 0 Å². The normalized spacial score (nSPS) is 29.1. The van der Waals surface area contributed by atoms with Crippen molar-refractivity contribution in [2.24, 2.45) is 11.0 Å². The lowest BCUT2D eigenvalue weighted by Gasteiger charge is -2.23. The Hall–Kier alpha value is -1.36. The van der Waals surface area contributed by atoms with E-state index in [0.29, 0.717) is 19.3 Å². The van der Waals surface area contributed by atoms with Crippen LogP contribution >= 0.6 is 0 Å². The minimum Gasteiger partial charge on any atom is -0.461 e. The number of hydrogen-bond acceptors (Lipinski definition) is 5. The number of rotatable bonds is 6. The van der Waals surface area contributed by atoms with E-state index in [4.69, 9.17) is 14.6 Å². The van der Waals surface area contributed by atoms with E-state index in [-0.39, 0.29) is 11.9 Å². The van der Waals surface area contributed by atoms with Crippen LogP contribution in [0.5, 0.6) is 0 Å². The van der Waals surface area contributed by atoms with Gasteiger partial charge in [0.25, 0.3) is 0 Å². The molecule has 3 aliphatic rings. The van der Waals surface area contributed by atoms with Crippen molar-refractivity contribution in [2.75, 3.05) is 26.9 Å². The van der Waals surface area contributed by atoms with Crippen LogP contribution in [0.2, 0.25) is 0 Å². The molecule has 0 bridgehead atoms. The summed E-state index contributed by atoms with van der Waals surface area (Å²) < 4.78 is 10.9. The molecule has 5 nitrogen and oxygen atoms in total. The Bertz CT molecular complexity index is 501. The highest BCUT2D eigenvalue weighted by molar-refractivity contribution is 6.03. The second-order valence-electron chi connectivity index (χ2n) is 7.17. The monoisotopic (exact) mass is 334 g/mol. The van der Waals surface area contributed by atoms with Gasteiger partial charge >= 0.3 is 5.97 Å². The van der Waals surface area contributed by atoms with Gasteiger partial charge in [-0.3, -0.25) is 9.80 Å². The van der Waals surface area contributed by atoms with Gasteiger partial charge in [-0.15, -0.1) is 0 Å². The summed E-state index contributed by atoms with van der Waals surface area (Å²) in [7, 11) is 1.74. The third-order valence-electron chi connectivity index (χ3n) is 5.36. The molecule has 1 heterocycles. The SMILES string of the molecule is COC[C@@H]1CCCN1/N=C1\CCCC1C(=O)OCC1=CCCCC1. The number of carbonyl (C=O) groups excluding carboxylic acids is 1. The van der Waals surface area contributed by atoms with Gasteiger partial charge in [0, 0.05) is 13.7 Å². The molecule has 0 aromatic heterocycles. The van der Waals surface area contributed by atoms with Gasteiger partial charge in [0.1, 0.15) is 6.61 Å². The van der Waals surface area contributed by atoms with Crippen molar-refractivity contribution in [3.63, 3.8) is 0 Å². The Morgan fingerprint density at radius 3 is 2.96 bits per heavy atom. The molecule has 2 aliphatic carbocycles. The molecule has 0 N–H and O–H groups in total. The summed E-state index contributed by atoms with van der Waals surface area (Å²) in [6.07, 6.45) is 12.0. The van der Waals surface area contributed by atoms with Crippen molar-refractivity contribution in [3.8, 4) is 0 Å². The Morgan fingerprint density at radius 2 is 2.17 bits per heavy atom. The Morgan fingerprint density at radius 1 is 1.25 bits per heavy atom. The largest absolute Gasteiger partial charge is 0.461 e. The number of hydrogen-bond donors (Lipinski definition) is 0. The van der Waals surface area contributed by atoms with E-state index >= 15 is 0 Å². The highest BCUT2D eigenvalue weighted by Gasteiger charge is 2.33. The number of carbonyl (C=O) groups is 1. The second kappa shape index (κ2) is 8.65. The number of nitrogens with zero attached hydrogens (tertiary/aromatic N) is 2. The summed E-state index contributed by atoms with van der Waals surface area (Å²) in [5, 5.41) is 6.96. The molecule has 3 rings (SSSR count). The molecule has 1 saturated heterocycles. The molecular weight excluding hydrogens is 304 g/mol. The first-order valence-corrected chi connectivity index (χ1v) is 9.45. The smallest absolute Gasteiger partial charge is 0.315 e. The van der Waals surface area contributed by atoms with Crippen LogP contribution in [0.15, 0.2) is 16.8 Å². The zero-order valence-corrected chi connectivity index (χ0v) is 14.8. The van der Waals surface area contributed by atoms with E-state index in [1.54, 1.807) is 7.11 Å². The molecule has 0 amide bonds. The van der Waals surface area contributed by atoms with Crippen molar-refractivity contribution >= 4 is 11.7 Å². The number of methoxy groups -OCH3 is 1. The zero-order valence-electron chi connectivity index (χ0n) is 14.8. The van der Waals surface area contributed by atoms with Crippen LogP contribution in [0.1, 0.15) is 57.8 Å². The molecule has 0 spiro atoms. The Labute approximate surface area is 145 Å². The molecule has 0 radical (unpaired) electrons. The summed E-state index contributed by atoms with van der Waals surface area (Å²) in [6, 6.07) is 0.354. The molecule has 134 valence electrons. The van der Waals surface area contributed by atoms with Crippen molar-refractivity contribution < 1.29 is 14.3 Å². The predicted octanol–water partition coefficient (Wildman–Crippen LogP) is 3.30. The quantitative estimate of drug-likeness (QED) is 0.552. The van der Waals surface area contributed by atoms with E-state index < -0.39 is 0 Å². The fourth-order valence-corrected chi connectivity index (χ4v) is 3.98. The topological polar surface area (TPSA) is 51.1 Å². The van der Waals surface area contributed by atoms with Crippen LogP contribution in [0.3, 0.4) is 0 Å². The van der Waals surface area contributed by atoms with Crippen molar-refractivity contribution in [1.29, 1.82) is 0 Å². The Kier molecular flexibility index (Phi) is 6.30. The van der Waals surface area contributed by atoms with Crippen LogP contribution < -0.4 is 0 Å². The lowest BCUT2D eigenvalue weighted by Crippen LogP contribution is -2.31. The van der Waals surface area contributed by atoms with Gasteiger partial charge in [-0.2, -0.15) is 5.10 Å². The maximum absolute atomic E-state index is 12.5. The second-order valence-corrected chi connectivity index (χ2v) is 7.17. The predicted molar refractivity (Wildman–Crippen MR) is 93.9 cm³/mol. The van der Waals surface area contributed by atoms with Gasteiger partial charge in [0.05, 0.1) is 24.3 Å². The highest BCUT2D eigenvalue weighted by atomic mass is 16.5. The van der Waals surface area contributed by atoms with Gasteiger partial charge in [-0.05, 0) is 63.4 Å². The maximum atomic E-state index is 12.5.